The summed E-state index contributed by atoms with van der Waals surface area (Å²) in [7, 11) is 0. The summed E-state index contributed by atoms with van der Waals surface area (Å²) in [5, 5.41) is 0. The van der Waals surface area contributed by atoms with E-state index in [1.165, 1.54) is 0 Å². The minimum Gasteiger partial charge on any atom is 2.00 e. The average molecular weight is 193 g/mol. The first-order valence-electron chi connectivity index (χ1n) is 0.532. The van der Waals surface area contributed by atoms with E-state index in [1.807, 2.05) is 0 Å². The van der Waals surface area contributed by atoms with Crippen molar-refractivity contribution in [2.24, 2.45) is 0 Å². The Balaban J connectivity index is 0. The van der Waals surface area contributed by atoms with Gasteiger partial charge in [0.1, 0.15) is 0 Å². The van der Waals surface area contributed by atoms with Crippen LogP contribution in [-0.4, -0.2) is 22.9 Å². The van der Waals surface area contributed by atoms with Crippen molar-refractivity contribution in [3.8, 4) is 0 Å². The fourth-order valence-corrected chi connectivity index (χ4v) is 0. The minimum atomic E-state index is -3.29. The zero-order valence-electron chi connectivity index (χ0n) is 2.01. The van der Waals surface area contributed by atoms with Gasteiger partial charge in [-0.25, -0.2) is 0 Å². The first-order chi connectivity index (χ1) is 1.73. The Labute approximate surface area is 44.2 Å². The van der Waals surface area contributed by atoms with Crippen molar-refractivity contribution >= 4 is 14.5 Å². The van der Waals surface area contributed by atoms with E-state index in [4.69, 9.17) is 12.2 Å². The first kappa shape index (κ1) is 9.23. The van der Waals surface area contributed by atoms with Crippen molar-refractivity contribution in [3.05, 3.63) is 0 Å². The van der Waals surface area contributed by atoms with Gasteiger partial charge in [0, 0.05) is 0 Å². The van der Waals surface area contributed by atoms with Crippen LogP contribution in [0.2, 0.25) is 0 Å². The summed E-state index contributed by atoms with van der Waals surface area (Å²) in [5.74, 6) is 0. The molecule has 1 radical (unpaired) electrons. The third-order valence-electron chi connectivity index (χ3n) is 0. The van der Waals surface area contributed by atoms with Crippen LogP contribution < -0.4 is 0 Å². The van der Waals surface area contributed by atoms with E-state index < -0.39 is 14.5 Å². The van der Waals surface area contributed by atoms with Crippen LogP contribution >= 0.6 is 0 Å². The number of hydrogen-bond acceptors (Lipinski definition) is 1. The third kappa shape index (κ3) is 62.9. The van der Waals surface area contributed by atoms with Crippen LogP contribution in [0.15, 0.2) is 0 Å². The molecule has 0 bridgehead atoms. The Bertz CT molecular complexity index is 29.9. The van der Waals surface area contributed by atoms with Crippen LogP contribution in [0.5, 0.6) is 0 Å². The van der Waals surface area contributed by atoms with Crippen LogP contribution in [0.1, 0.15) is 0 Å². The van der Waals surface area contributed by atoms with Gasteiger partial charge in [0.05, 0.1) is 0 Å². The van der Waals surface area contributed by atoms with E-state index in [-0.39, 0.29) is 17.1 Å². The number of hydrogen-bond donors (Lipinski definition) is 2. The molecule has 0 aromatic heterocycles. The zero-order valence-corrected chi connectivity index (χ0v) is 4.67. The summed E-state index contributed by atoms with van der Waals surface area (Å²) in [5.41, 5.74) is 0. The SMILES string of the molecule is O=[Se](O)O.[Cu+2]. The summed E-state index contributed by atoms with van der Waals surface area (Å²) in [6.45, 7) is 0. The van der Waals surface area contributed by atoms with Gasteiger partial charge in [0.2, 0.25) is 0 Å². The number of rotatable bonds is 0. The molecule has 0 aromatic rings. The molecule has 0 aromatic carbocycles. The Morgan fingerprint density at radius 1 is 1.40 bits per heavy atom. The third-order valence-corrected chi connectivity index (χ3v) is 0. The van der Waals surface area contributed by atoms with E-state index in [1.54, 1.807) is 0 Å². The monoisotopic (exact) mass is 193 g/mol. The molecule has 0 rings (SSSR count). The zero-order chi connectivity index (χ0) is 3.58. The molecular formula is H2CuO3Se+2. The summed E-state index contributed by atoms with van der Waals surface area (Å²) in [6.07, 6.45) is 0. The molecule has 0 saturated carbocycles. The molecule has 0 atom stereocenters. The predicted octanol–water partition coefficient (Wildman–Crippen LogP) is -1.62. The second-order valence-corrected chi connectivity index (χ2v) is 1.20. The van der Waals surface area contributed by atoms with Crippen molar-refractivity contribution in [1.82, 2.24) is 0 Å². The van der Waals surface area contributed by atoms with Crippen molar-refractivity contribution < 1.29 is 29.3 Å². The van der Waals surface area contributed by atoms with Gasteiger partial charge in [-0.05, 0) is 0 Å². The molecule has 0 aliphatic rings. The summed E-state index contributed by atoms with van der Waals surface area (Å²) in [6, 6.07) is 0. The van der Waals surface area contributed by atoms with Gasteiger partial charge < -0.3 is 0 Å². The van der Waals surface area contributed by atoms with Crippen LogP contribution in [0.3, 0.4) is 0 Å². The first-order valence-corrected chi connectivity index (χ1v) is 2.76. The summed E-state index contributed by atoms with van der Waals surface area (Å²) < 4.78 is 23.1. The van der Waals surface area contributed by atoms with Crippen molar-refractivity contribution in [2.45, 2.75) is 0 Å². The Morgan fingerprint density at radius 2 is 1.40 bits per heavy atom. The standard InChI is InChI=1S/Cu.H2O3Se/c;1-4(2)3/h;(H2,1,2,3)/q+2;. The largest absolute Gasteiger partial charge is 2.00 e. The van der Waals surface area contributed by atoms with Crippen molar-refractivity contribution in [1.29, 1.82) is 0 Å². The van der Waals surface area contributed by atoms with Crippen LogP contribution in [0.4, 0.5) is 0 Å². The molecule has 0 aliphatic heterocycles. The molecule has 2 N–H and O–H groups in total. The van der Waals surface area contributed by atoms with E-state index in [0.29, 0.717) is 0 Å². The maximum atomic E-state index is 8.76. The molecule has 0 spiro atoms. The Hall–Kier alpha value is 0.759. The molecule has 5 heteroatoms. The Morgan fingerprint density at radius 3 is 1.40 bits per heavy atom. The molecule has 0 fully saturated rings. The second-order valence-electron chi connectivity index (χ2n) is 0.231. The second kappa shape index (κ2) is 4.76. The summed E-state index contributed by atoms with van der Waals surface area (Å²) >= 11 is -3.29. The molecule has 0 heterocycles. The van der Waals surface area contributed by atoms with Crippen LogP contribution in [0, 0.1) is 0 Å². The molecule has 5 heavy (non-hydrogen) atoms. The van der Waals surface area contributed by atoms with Gasteiger partial charge in [0.25, 0.3) is 0 Å². The molecule has 35 valence electrons. The smallest absolute Gasteiger partial charge is 2.00 e. The van der Waals surface area contributed by atoms with E-state index in [2.05, 4.69) is 0 Å². The fraction of sp³-hybridized carbons (Fsp3) is 0. The van der Waals surface area contributed by atoms with Gasteiger partial charge in [-0.1, -0.05) is 0 Å². The van der Waals surface area contributed by atoms with Crippen LogP contribution in [-0.2, 0) is 20.9 Å². The predicted molar refractivity (Wildman–Crippen MR) is 10.9 cm³/mol. The van der Waals surface area contributed by atoms with Gasteiger partial charge >= 0.3 is 43.8 Å². The van der Waals surface area contributed by atoms with Crippen molar-refractivity contribution in [2.75, 3.05) is 0 Å². The molecule has 0 saturated heterocycles. The van der Waals surface area contributed by atoms with Crippen molar-refractivity contribution in [3.63, 3.8) is 0 Å². The summed E-state index contributed by atoms with van der Waals surface area (Å²) in [4.78, 5) is 0. The van der Waals surface area contributed by atoms with E-state index >= 15 is 0 Å². The molecular weight excluding hydrogens is 191 g/mol. The van der Waals surface area contributed by atoms with E-state index in [0.717, 1.165) is 0 Å². The molecule has 3 nitrogen and oxygen atoms in total. The minimum absolute atomic E-state index is 0. The molecule has 0 amide bonds. The van der Waals surface area contributed by atoms with Gasteiger partial charge in [-0.2, -0.15) is 0 Å². The maximum absolute atomic E-state index is 8.76. The van der Waals surface area contributed by atoms with Gasteiger partial charge in [0.15, 0.2) is 0 Å². The molecule has 0 unspecified atom stereocenters. The van der Waals surface area contributed by atoms with Gasteiger partial charge in [-0.3, -0.25) is 0 Å². The maximum Gasteiger partial charge on any atom is 2.00 e. The quantitative estimate of drug-likeness (QED) is 0.454. The topological polar surface area (TPSA) is 57.5 Å². The van der Waals surface area contributed by atoms with Gasteiger partial charge in [-0.15, -0.1) is 0 Å². The van der Waals surface area contributed by atoms with Crippen LogP contribution in [0.25, 0.3) is 0 Å². The Kier molecular flexibility index (Phi) is 8.79. The average Bonchev–Trinajstić information content (AvgIpc) is 0.811. The van der Waals surface area contributed by atoms with E-state index in [9.17, 15) is 0 Å². The fourth-order valence-electron chi connectivity index (χ4n) is 0. The molecule has 0 aliphatic carbocycles. The normalized spacial score (nSPS) is 7.00.